The van der Waals surface area contributed by atoms with E-state index in [-0.39, 0.29) is 6.10 Å². The van der Waals surface area contributed by atoms with Crippen molar-refractivity contribution in [3.63, 3.8) is 0 Å². The molecule has 2 N–H and O–H groups in total. The molecule has 0 saturated carbocycles. The van der Waals surface area contributed by atoms with E-state index in [0.29, 0.717) is 6.04 Å². The van der Waals surface area contributed by atoms with Crippen LogP contribution < -0.4 is 10.2 Å². The van der Waals surface area contributed by atoms with E-state index in [0.717, 1.165) is 32.5 Å². The maximum absolute atomic E-state index is 9.69. The number of rotatable bonds is 5. The Morgan fingerprint density at radius 1 is 1.39 bits per heavy atom. The van der Waals surface area contributed by atoms with Crippen molar-refractivity contribution in [2.24, 2.45) is 0 Å². The monoisotopic (exact) mass is 248 g/mol. The number of hydrogen-bond donors (Lipinski definition) is 2. The van der Waals surface area contributed by atoms with Gasteiger partial charge in [-0.2, -0.15) is 0 Å². The van der Waals surface area contributed by atoms with Crippen molar-refractivity contribution in [3.05, 3.63) is 29.8 Å². The van der Waals surface area contributed by atoms with Crippen molar-refractivity contribution in [2.75, 3.05) is 24.5 Å². The molecule has 1 aliphatic rings. The number of anilines is 1. The van der Waals surface area contributed by atoms with Gasteiger partial charge in [-0.1, -0.05) is 32.0 Å². The smallest absolute Gasteiger partial charge is 0.0731 e. The Morgan fingerprint density at radius 3 is 2.78 bits per heavy atom. The van der Waals surface area contributed by atoms with Gasteiger partial charge in [-0.05, 0) is 31.0 Å². The molecule has 2 atom stereocenters. The van der Waals surface area contributed by atoms with Gasteiger partial charge < -0.3 is 15.3 Å². The Hall–Kier alpha value is -1.06. The highest BCUT2D eigenvalue weighted by molar-refractivity contribution is 5.55. The Labute approximate surface area is 110 Å². The van der Waals surface area contributed by atoms with E-state index in [4.69, 9.17) is 0 Å². The highest BCUT2D eigenvalue weighted by Gasteiger charge is 2.23. The summed E-state index contributed by atoms with van der Waals surface area (Å²) in [6.45, 7) is 7.06. The summed E-state index contributed by atoms with van der Waals surface area (Å²) in [6.07, 6.45) is 1.80. The van der Waals surface area contributed by atoms with E-state index in [1.165, 1.54) is 11.3 Å². The minimum atomic E-state index is -0.169. The fourth-order valence-corrected chi connectivity index (χ4v) is 2.75. The Bertz CT molecular complexity index is 358. The highest BCUT2D eigenvalue weighted by atomic mass is 16.3. The Kier molecular flexibility index (Phi) is 4.61. The number of nitrogens with zero attached hydrogens (tertiary/aromatic N) is 1. The molecule has 0 amide bonds. The van der Waals surface area contributed by atoms with Crippen molar-refractivity contribution in [1.29, 1.82) is 0 Å². The molecule has 0 radical (unpaired) electrons. The lowest BCUT2D eigenvalue weighted by molar-refractivity contribution is 0.198. The molecule has 100 valence electrons. The van der Waals surface area contributed by atoms with Gasteiger partial charge in [0.25, 0.3) is 0 Å². The predicted octanol–water partition coefficient (Wildman–Crippen LogP) is 2.32. The van der Waals surface area contributed by atoms with Crippen molar-refractivity contribution >= 4 is 5.69 Å². The standard InChI is InChI=1S/C15H24N2O/c1-3-14(16-4-2)13-7-5-6-8-15(13)17-10-9-12(18)11-17/h5-8,12,14,16,18H,3-4,9-11H2,1-2H3. The second-order valence-corrected chi connectivity index (χ2v) is 4.97. The topological polar surface area (TPSA) is 35.5 Å². The molecule has 0 spiro atoms. The van der Waals surface area contributed by atoms with Crippen LogP contribution in [-0.4, -0.2) is 30.8 Å². The summed E-state index contributed by atoms with van der Waals surface area (Å²) in [5.74, 6) is 0. The summed E-state index contributed by atoms with van der Waals surface area (Å²) < 4.78 is 0. The first-order chi connectivity index (χ1) is 8.76. The minimum absolute atomic E-state index is 0.169. The van der Waals surface area contributed by atoms with E-state index >= 15 is 0 Å². The normalized spacial score (nSPS) is 21.3. The van der Waals surface area contributed by atoms with Crippen LogP contribution in [0.25, 0.3) is 0 Å². The molecular weight excluding hydrogens is 224 g/mol. The fourth-order valence-electron chi connectivity index (χ4n) is 2.75. The number of β-amino-alcohol motifs (C(OH)–C–C–N with tert-alkyl or cyclic N) is 1. The number of nitrogens with one attached hydrogen (secondary N) is 1. The number of hydrogen-bond acceptors (Lipinski definition) is 3. The van der Waals surface area contributed by atoms with Gasteiger partial charge in [0.1, 0.15) is 0 Å². The number of aliphatic hydroxyl groups is 1. The molecule has 2 unspecified atom stereocenters. The molecule has 3 heteroatoms. The lowest BCUT2D eigenvalue weighted by Gasteiger charge is -2.26. The second kappa shape index (κ2) is 6.21. The summed E-state index contributed by atoms with van der Waals surface area (Å²) in [5.41, 5.74) is 2.64. The third-order valence-corrected chi connectivity index (χ3v) is 3.68. The van der Waals surface area contributed by atoms with Crippen molar-refractivity contribution in [3.8, 4) is 0 Å². The van der Waals surface area contributed by atoms with Crippen LogP contribution in [0.5, 0.6) is 0 Å². The van der Waals surface area contributed by atoms with Crippen molar-refractivity contribution in [1.82, 2.24) is 5.32 Å². The molecule has 1 saturated heterocycles. The van der Waals surface area contributed by atoms with Gasteiger partial charge in [0.2, 0.25) is 0 Å². The van der Waals surface area contributed by atoms with Crippen LogP contribution in [0.4, 0.5) is 5.69 Å². The highest BCUT2D eigenvalue weighted by Crippen LogP contribution is 2.30. The van der Waals surface area contributed by atoms with E-state index in [1.807, 2.05) is 0 Å². The summed E-state index contributed by atoms with van der Waals surface area (Å²) in [4.78, 5) is 2.31. The van der Waals surface area contributed by atoms with Gasteiger partial charge >= 0.3 is 0 Å². The summed E-state index contributed by atoms with van der Waals surface area (Å²) in [7, 11) is 0. The molecule has 0 aliphatic carbocycles. The first-order valence-corrected chi connectivity index (χ1v) is 7.01. The molecule has 1 fully saturated rings. The maximum atomic E-state index is 9.69. The van der Waals surface area contributed by atoms with E-state index in [2.05, 4.69) is 48.3 Å². The minimum Gasteiger partial charge on any atom is -0.391 e. The molecule has 1 aromatic carbocycles. The van der Waals surface area contributed by atoms with Gasteiger partial charge in [0.15, 0.2) is 0 Å². The maximum Gasteiger partial charge on any atom is 0.0731 e. The zero-order valence-electron chi connectivity index (χ0n) is 11.4. The van der Waals surface area contributed by atoms with Crippen LogP contribution in [0.2, 0.25) is 0 Å². The summed E-state index contributed by atoms with van der Waals surface area (Å²) in [5, 5.41) is 13.2. The van der Waals surface area contributed by atoms with Gasteiger partial charge in [0.05, 0.1) is 6.10 Å². The zero-order chi connectivity index (χ0) is 13.0. The van der Waals surface area contributed by atoms with Gasteiger partial charge in [-0.15, -0.1) is 0 Å². The van der Waals surface area contributed by atoms with Crippen LogP contribution in [0.15, 0.2) is 24.3 Å². The molecule has 3 nitrogen and oxygen atoms in total. The largest absolute Gasteiger partial charge is 0.391 e. The van der Waals surface area contributed by atoms with Crippen LogP contribution in [0.3, 0.4) is 0 Å². The lowest BCUT2D eigenvalue weighted by atomic mass is 10.0. The predicted molar refractivity (Wildman–Crippen MR) is 76.0 cm³/mol. The van der Waals surface area contributed by atoms with E-state index in [1.54, 1.807) is 0 Å². The zero-order valence-corrected chi connectivity index (χ0v) is 11.4. The van der Waals surface area contributed by atoms with E-state index < -0.39 is 0 Å². The number of para-hydroxylation sites is 1. The molecular formula is C15H24N2O. The molecule has 0 aromatic heterocycles. The number of aliphatic hydroxyl groups excluding tert-OH is 1. The van der Waals surface area contributed by atoms with Crippen molar-refractivity contribution < 1.29 is 5.11 Å². The average Bonchev–Trinajstić information content (AvgIpc) is 2.82. The molecule has 18 heavy (non-hydrogen) atoms. The molecule has 0 bridgehead atoms. The van der Waals surface area contributed by atoms with Crippen LogP contribution >= 0.6 is 0 Å². The average molecular weight is 248 g/mol. The second-order valence-electron chi connectivity index (χ2n) is 4.97. The number of benzene rings is 1. The third-order valence-electron chi connectivity index (χ3n) is 3.68. The summed E-state index contributed by atoms with van der Waals surface area (Å²) >= 11 is 0. The van der Waals surface area contributed by atoms with Crippen LogP contribution in [0, 0.1) is 0 Å². The Balaban J connectivity index is 2.24. The third kappa shape index (κ3) is 2.85. The van der Waals surface area contributed by atoms with Crippen LogP contribution in [0.1, 0.15) is 38.3 Å². The molecule has 1 aromatic rings. The quantitative estimate of drug-likeness (QED) is 0.839. The fraction of sp³-hybridized carbons (Fsp3) is 0.600. The molecule has 1 heterocycles. The van der Waals surface area contributed by atoms with E-state index in [9.17, 15) is 5.11 Å². The van der Waals surface area contributed by atoms with Crippen LogP contribution in [-0.2, 0) is 0 Å². The SMILES string of the molecule is CCNC(CC)c1ccccc1N1CCC(O)C1. The molecule has 1 aliphatic heterocycles. The van der Waals surface area contributed by atoms with Gasteiger partial charge in [-0.3, -0.25) is 0 Å². The van der Waals surface area contributed by atoms with Gasteiger partial charge in [0, 0.05) is 24.8 Å². The summed E-state index contributed by atoms with van der Waals surface area (Å²) in [6, 6.07) is 8.97. The first kappa shape index (κ1) is 13.4. The molecule has 2 rings (SSSR count). The first-order valence-electron chi connectivity index (χ1n) is 7.01. The lowest BCUT2D eigenvalue weighted by Crippen LogP contribution is -2.26. The van der Waals surface area contributed by atoms with Crippen molar-refractivity contribution in [2.45, 2.75) is 38.8 Å². The van der Waals surface area contributed by atoms with Gasteiger partial charge in [-0.25, -0.2) is 0 Å². The Morgan fingerprint density at radius 2 is 2.17 bits per heavy atom.